The Labute approximate surface area is 99.4 Å². The predicted octanol–water partition coefficient (Wildman–Crippen LogP) is 3.57. The average Bonchev–Trinajstić information content (AvgIpc) is 2.14. The molecule has 0 atom stereocenters. The molecule has 0 saturated heterocycles. The summed E-state index contributed by atoms with van der Waals surface area (Å²) >= 11 is 5.80. The maximum absolute atomic E-state index is 12.7. The standard InChI is InChI=1S/C12H14ClFO2/c1-12(2,3)11(15)16-7-8-4-5-9(14)6-10(8)13/h4-6H,7H2,1-3H3. The zero-order valence-electron chi connectivity index (χ0n) is 9.51. The fourth-order valence-electron chi connectivity index (χ4n) is 0.999. The third-order valence-corrected chi connectivity index (χ3v) is 2.34. The topological polar surface area (TPSA) is 26.3 Å². The van der Waals surface area contributed by atoms with Crippen LogP contribution in [-0.4, -0.2) is 5.97 Å². The van der Waals surface area contributed by atoms with Crippen LogP contribution in [0.2, 0.25) is 5.02 Å². The van der Waals surface area contributed by atoms with Crippen molar-refractivity contribution in [2.24, 2.45) is 5.41 Å². The van der Waals surface area contributed by atoms with E-state index < -0.39 is 11.2 Å². The minimum Gasteiger partial charge on any atom is -0.460 e. The van der Waals surface area contributed by atoms with Crippen molar-refractivity contribution in [2.45, 2.75) is 27.4 Å². The van der Waals surface area contributed by atoms with Crippen molar-refractivity contribution in [3.63, 3.8) is 0 Å². The van der Waals surface area contributed by atoms with Crippen LogP contribution >= 0.6 is 11.6 Å². The number of benzene rings is 1. The minimum absolute atomic E-state index is 0.0647. The lowest BCUT2D eigenvalue weighted by atomic mass is 9.97. The molecule has 0 heterocycles. The van der Waals surface area contributed by atoms with E-state index in [1.165, 1.54) is 18.2 Å². The second-order valence-corrected chi connectivity index (χ2v) is 4.97. The lowest BCUT2D eigenvalue weighted by Crippen LogP contribution is -2.22. The van der Waals surface area contributed by atoms with Crippen LogP contribution in [0.5, 0.6) is 0 Å². The minimum atomic E-state index is -0.549. The molecule has 1 rings (SSSR count). The van der Waals surface area contributed by atoms with E-state index in [0.717, 1.165) is 0 Å². The maximum atomic E-state index is 12.7. The molecule has 0 aromatic heterocycles. The van der Waals surface area contributed by atoms with Gasteiger partial charge in [-0.15, -0.1) is 0 Å². The number of carbonyl (C=O) groups is 1. The summed E-state index contributed by atoms with van der Waals surface area (Å²) < 4.78 is 17.8. The van der Waals surface area contributed by atoms with Gasteiger partial charge in [-0.2, -0.15) is 0 Å². The Morgan fingerprint density at radius 3 is 2.56 bits per heavy atom. The number of halogens is 2. The first-order valence-electron chi connectivity index (χ1n) is 4.92. The summed E-state index contributed by atoms with van der Waals surface area (Å²) in [5.74, 6) is -0.719. The Hall–Kier alpha value is -1.09. The van der Waals surface area contributed by atoms with E-state index in [1.807, 2.05) is 0 Å². The summed E-state index contributed by atoms with van der Waals surface area (Å²) in [5.41, 5.74) is 0.0487. The Kier molecular flexibility index (Phi) is 3.92. The third kappa shape index (κ3) is 3.49. The highest BCUT2D eigenvalue weighted by molar-refractivity contribution is 6.31. The monoisotopic (exact) mass is 244 g/mol. The summed E-state index contributed by atoms with van der Waals surface area (Å²) in [6, 6.07) is 3.99. The normalized spacial score (nSPS) is 11.3. The van der Waals surface area contributed by atoms with Crippen LogP contribution in [0, 0.1) is 11.2 Å². The molecule has 0 radical (unpaired) electrons. The molecule has 2 nitrogen and oxygen atoms in total. The molecule has 0 amide bonds. The number of esters is 1. The van der Waals surface area contributed by atoms with Gasteiger partial charge in [0.2, 0.25) is 0 Å². The van der Waals surface area contributed by atoms with Crippen LogP contribution in [0.3, 0.4) is 0 Å². The van der Waals surface area contributed by atoms with Crippen molar-refractivity contribution in [3.8, 4) is 0 Å². The van der Waals surface area contributed by atoms with Crippen molar-refractivity contribution in [1.82, 2.24) is 0 Å². The summed E-state index contributed by atoms with van der Waals surface area (Å²) in [5, 5.41) is 0.265. The fraction of sp³-hybridized carbons (Fsp3) is 0.417. The summed E-state index contributed by atoms with van der Waals surface area (Å²) in [7, 11) is 0. The molecule has 0 unspecified atom stereocenters. The zero-order chi connectivity index (χ0) is 12.3. The van der Waals surface area contributed by atoms with Crippen LogP contribution in [0.15, 0.2) is 18.2 Å². The Balaban J connectivity index is 2.65. The molecule has 0 fully saturated rings. The molecule has 0 aliphatic rings. The van der Waals surface area contributed by atoms with Gasteiger partial charge < -0.3 is 4.74 Å². The molecule has 1 aromatic carbocycles. The van der Waals surface area contributed by atoms with Crippen LogP contribution in [0.4, 0.5) is 4.39 Å². The van der Waals surface area contributed by atoms with E-state index in [-0.39, 0.29) is 17.6 Å². The highest BCUT2D eigenvalue weighted by atomic mass is 35.5. The van der Waals surface area contributed by atoms with Gasteiger partial charge in [0.1, 0.15) is 12.4 Å². The molecule has 0 saturated carbocycles. The molecular weight excluding hydrogens is 231 g/mol. The largest absolute Gasteiger partial charge is 0.460 e. The number of carbonyl (C=O) groups excluding carboxylic acids is 1. The van der Waals surface area contributed by atoms with Crippen LogP contribution < -0.4 is 0 Å². The SMILES string of the molecule is CC(C)(C)C(=O)OCc1ccc(F)cc1Cl. The number of hydrogen-bond acceptors (Lipinski definition) is 2. The van der Waals surface area contributed by atoms with Gasteiger partial charge in [0.15, 0.2) is 0 Å². The van der Waals surface area contributed by atoms with E-state index in [1.54, 1.807) is 20.8 Å². The van der Waals surface area contributed by atoms with E-state index in [2.05, 4.69) is 0 Å². The summed E-state index contributed by atoms with van der Waals surface area (Å²) in [6.45, 7) is 5.36. The maximum Gasteiger partial charge on any atom is 0.311 e. The van der Waals surface area contributed by atoms with Crippen LogP contribution in [0.25, 0.3) is 0 Å². The van der Waals surface area contributed by atoms with E-state index in [9.17, 15) is 9.18 Å². The number of hydrogen-bond donors (Lipinski definition) is 0. The third-order valence-electron chi connectivity index (χ3n) is 1.99. The Bertz CT molecular complexity index is 396. The van der Waals surface area contributed by atoms with Crippen molar-refractivity contribution < 1.29 is 13.9 Å². The molecule has 0 aliphatic carbocycles. The predicted molar refractivity (Wildman–Crippen MR) is 60.7 cm³/mol. The Morgan fingerprint density at radius 2 is 2.06 bits per heavy atom. The van der Waals surface area contributed by atoms with Crippen molar-refractivity contribution >= 4 is 17.6 Å². The smallest absolute Gasteiger partial charge is 0.311 e. The van der Waals surface area contributed by atoms with Crippen LogP contribution in [-0.2, 0) is 16.1 Å². The van der Waals surface area contributed by atoms with Gasteiger partial charge in [-0.1, -0.05) is 17.7 Å². The summed E-state index contributed by atoms with van der Waals surface area (Å²) in [6.07, 6.45) is 0. The highest BCUT2D eigenvalue weighted by Gasteiger charge is 2.23. The number of rotatable bonds is 2. The van der Waals surface area contributed by atoms with Crippen LogP contribution in [0.1, 0.15) is 26.3 Å². The van der Waals surface area contributed by atoms with Crippen molar-refractivity contribution in [2.75, 3.05) is 0 Å². The van der Waals surface area contributed by atoms with Gasteiger partial charge in [-0.3, -0.25) is 4.79 Å². The molecule has 0 bridgehead atoms. The molecule has 16 heavy (non-hydrogen) atoms. The highest BCUT2D eigenvalue weighted by Crippen LogP contribution is 2.20. The van der Waals surface area contributed by atoms with Gasteiger partial charge in [0.25, 0.3) is 0 Å². The number of ether oxygens (including phenoxy) is 1. The van der Waals surface area contributed by atoms with E-state index in [0.29, 0.717) is 5.56 Å². The first-order valence-corrected chi connectivity index (χ1v) is 5.29. The molecule has 4 heteroatoms. The first kappa shape index (κ1) is 13.0. The quantitative estimate of drug-likeness (QED) is 0.744. The zero-order valence-corrected chi connectivity index (χ0v) is 10.3. The molecule has 88 valence electrons. The lowest BCUT2D eigenvalue weighted by Gasteiger charge is -2.16. The average molecular weight is 245 g/mol. The molecule has 0 spiro atoms. The molecule has 0 aliphatic heterocycles. The van der Waals surface area contributed by atoms with Gasteiger partial charge in [0.05, 0.1) is 10.4 Å². The van der Waals surface area contributed by atoms with E-state index >= 15 is 0 Å². The fourth-order valence-corrected chi connectivity index (χ4v) is 1.22. The second kappa shape index (κ2) is 4.83. The van der Waals surface area contributed by atoms with Gasteiger partial charge >= 0.3 is 5.97 Å². The Morgan fingerprint density at radius 1 is 1.44 bits per heavy atom. The van der Waals surface area contributed by atoms with E-state index in [4.69, 9.17) is 16.3 Å². The molecule has 1 aromatic rings. The van der Waals surface area contributed by atoms with Gasteiger partial charge in [0, 0.05) is 5.56 Å². The second-order valence-electron chi connectivity index (χ2n) is 4.56. The summed E-state index contributed by atoms with van der Waals surface area (Å²) in [4.78, 5) is 11.5. The molecule has 0 N–H and O–H groups in total. The first-order chi connectivity index (χ1) is 7.30. The van der Waals surface area contributed by atoms with Crippen molar-refractivity contribution in [3.05, 3.63) is 34.6 Å². The molecular formula is C12H14ClFO2. The van der Waals surface area contributed by atoms with Crippen molar-refractivity contribution in [1.29, 1.82) is 0 Å². The lowest BCUT2D eigenvalue weighted by molar-refractivity contribution is -0.154. The van der Waals surface area contributed by atoms with Gasteiger partial charge in [-0.25, -0.2) is 4.39 Å². The van der Waals surface area contributed by atoms with Gasteiger partial charge in [-0.05, 0) is 32.9 Å².